The number of halogens is 1. The van der Waals surface area contributed by atoms with Gasteiger partial charge in [-0.2, -0.15) is 0 Å². The molecule has 1 aromatic carbocycles. The van der Waals surface area contributed by atoms with Crippen LogP contribution in [-0.2, 0) is 13.1 Å². The van der Waals surface area contributed by atoms with E-state index >= 15 is 0 Å². The van der Waals surface area contributed by atoms with Crippen LogP contribution >= 0.6 is 23.7 Å². The molecule has 25 heavy (non-hydrogen) atoms. The van der Waals surface area contributed by atoms with Gasteiger partial charge in [0.15, 0.2) is 16.6 Å². The van der Waals surface area contributed by atoms with Gasteiger partial charge in [0.25, 0.3) is 0 Å². The maximum absolute atomic E-state index is 5.73. The van der Waals surface area contributed by atoms with Crippen molar-refractivity contribution in [2.75, 3.05) is 26.0 Å². The average Bonchev–Trinajstić information content (AvgIpc) is 2.98. The topological polar surface area (TPSA) is 60.6 Å². The quantitative estimate of drug-likeness (QED) is 0.658. The molecule has 0 bridgehead atoms. The van der Waals surface area contributed by atoms with Crippen molar-refractivity contribution in [2.24, 2.45) is 0 Å². The van der Waals surface area contributed by atoms with Gasteiger partial charge in [-0.05, 0) is 37.1 Å². The van der Waals surface area contributed by atoms with Crippen LogP contribution in [0, 0.1) is 0 Å². The SMILES string of the molecule is CCCOc1ccc(CN(CCC)Cc2cnc(N)s2)cc1OC.Cl. The van der Waals surface area contributed by atoms with Crippen molar-refractivity contribution in [1.82, 2.24) is 9.88 Å². The number of anilines is 1. The standard InChI is InChI=1S/C18H27N3O2S.ClH/c1-4-8-21(13-15-11-20-18(19)24-15)12-14-6-7-16(23-9-5-2)17(10-14)22-3;/h6-7,10-11H,4-5,8-9,12-13H2,1-3H3,(H2,19,20);1H. The number of hydrogen-bond donors (Lipinski definition) is 1. The predicted octanol–water partition coefficient (Wildman–Crippen LogP) is 4.36. The molecule has 7 heteroatoms. The smallest absolute Gasteiger partial charge is 0.180 e. The van der Waals surface area contributed by atoms with Crippen molar-refractivity contribution in [3.05, 3.63) is 34.8 Å². The zero-order valence-electron chi connectivity index (χ0n) is 15.2. The van der Waals surface area contributed by atoms with E-state index in [1.807, 2.05) is 12.3 Å². The van der Waals surface area contributed by atoms with Crippen LogP contribution in [0.15, 0.2) is 24.4 Å². The summed E-state index contributed by atoms with van der Waals surface area (Å²) in [6.45, 7) is 7.72. The van der Waals surface area contributed by atoms with Gasteiger partial charge >= 0.3 is 0 Å². The Morgan fingerprint density at radius 3 is 2.56 bits per heavy atom. The van der Waals surface area contributed by atoms with Gasteiger partial charge in [-0.25, -0.2) is 4.98 Å². The van der Waals surface area contributed by atoms with E-state index in [4.69, 9.17) is 15.2 Å². The van der Waals surface area contributed by atoms with Gasteiger partial charge in [0, 0.05) is 24.2 Å². The van der Waals surface area contributed by atoms with E-state index in [2.05, 4.69) is 35.9 Å². The Morgan fingerprint density at radius 1 is 1.16 bits per heavy atom. The molecule has 0 saturated heterocycles. The highest BCUT2D eigenvalue weighted by atomic mass is 35.5. The lowest BCUT2D eigenvalue weighted by atomic mass is 10.1. The molecule has 0 aliphatic heterocycles. The maximum Gasteiger partial charge on any atom is 0.180 e. The lowest BCUT2D eigenvalue weighted by Gasteiger charge is -2.21. The molecule has 0 atom stereocenters. The molecule has 140 valence electrons. The second-order valence-electron chi connectivity index (χ2n) is 5.71. The lowest BCUT2D eigenvalue weighted by molar-refractivity contribution is 0.258. The first kappa shape index (κ1) is 21.5. The van der Waals surface area contributed by atoms with Crippen molar-refractivity contribution in [2.45, 2.75) is 39.8 Å². The van der Waals surface area contributed by atoms with E-state index in [1.54, 1.807) is 18.4 Å². The minimum Gasteiger partial charge on any atom is -0.493 e. The summed E-state index contributed by atoms with van der Waals surface area (Å²) in [7, 11) is 1.68. The maximum atomic E-state index is 5.73. The second-order valence-corrected chi connectivity index (χ2v) is 6.86. The molecule has 0 radical (unpaired) electrons. The molecule has 0 fully saturated rings. The molecule has 1 heterocycles. The van der Waals surface area contributed by atoms with Crippen molar-refractivity contribution in [1.29, 1.82) is 0 Å². The molecular formula is C18H28ClN3O2S. The average molecular weight is 386 g/mol. The second kappa shape index (κ2) is 11.2. The fraction of sp³-hybridized carbons (Fsp3) is 0.500. The van der Waals surface area contributed by atoms with Crippen LogP contribution in [-0.4, -0.2) is 30.1 Å². The Bertz CT molecular complexity index is 637. The Balaban J connectivity index is 0.00000312. The lowest BCUT2D eigenvalue weighted by Crippen LogP contribution is -2.23. The number of nitrogens with zero attached hydrogens (tertiary/aromatic N) is 2. The molecule has 0 amide bonds. The predicted molar refractivity (Wildman–Crippen MR) is 107 cm³/mol. The summed E-state index contributed by atoms with van der Waals surface area (Å²) < 4.78 is 11.2. The fourth-order valence-corrected chi connectivity index (χ4v) is 3.27. The summed E-state index contributed by atoms with van der Waals surface area (Å²) in [6.07, 6.45) is 3.95. The molecule has 1 aromatic heterocycles. The van der Waals surface area contributed by atoms with Crippen LogP contribution in [0.2, 0.25) is 0 Å². The van der Waals surface area contributed by atoms with Gasteiger partial charge in [-0.3, -0.25) is 4.90 Å². The Hall–Kier alpha value is -1.50. The van der Waals surface area contributed by atoms with Crippen molar-refractivity contribution in [3.8, 4) is 11.5 Å². The fourth-order valence-electron chi connectivity index (χ4n) is 2.55. The number of benzene rings is 1. The summed E-state index contributed by atoms with van der Waals surface area (Å²) >= 11 is 1.55. The summed E-state index contributed by atoms with van der Waals surface area (Å²) in [5.74, 6) is 1.60. The van der Waals surface area contributed by atoms with Gasteiger partial charge in [0.1, 0.15) is 0 Å². The molecule has 2 rings (SSSR count). The third kappa shape index (κ3) is 6.72. The molecular weight excluding hydrogens is 358 g/mol. The van der Waals surface area contributed by atoms with Crippen LogP contribution in [0.4, 0.5) is 5.13 Å². The summed E-state index contributed by atoms with van der Waals surface area (Å²) in [6, 6.07) is 6.17. The molecule has 0 aliphatic carbocycles. The van der Waals surface area contributed by atoms with Gasteiger partial charge in [0.05, 0.1) is 13.7 Å². The monoisotopic (exact) mass is 385 g/mol. The number of nitrogens with two attached hydrogens (primary N) is 1. The summed E-state index contributed by atoms with van der Waals surface area (Å²) in [4.78, 5) is 7.73. The molecule has 5 nitrogen and oxygen atoms in total. The Labute approximate surface area is 160 Å². The number of nitrogen functional groups attached to an aromatic ring is 1. The first-order valence-corrected chi connectivity index (χ1v) is 9.20. The summed E-state index contributed by atoms with van der Waals surface area (Å²) in [5, 5.41) is 0.626. The van der Waals surface area contributed by atoms with Gasteiger partial charge < -0.3 is 15.2 Å². The third-order valence-corrected chi connectivity index (χ3v) is 4.40. The van der Waals surface area contributed by atoms with Gasteiger partial charge in [-0.15, -0.1) is 23.7 Å². The molecule has 0 aliphatic rings. The normalized spacial score (nSPS) is 10.6. The van der Waals surface area contributed by atoms with E-state index < -0.39 is 0 Å². The van der Waals surface area contributed by atoms with E-state index in [1.165, 1.54) is 10.4 Å². The number of aromatic nitrogens is 1. The zero-order chi connectivity index (χ0) is 17.4. The first-order chi connectivity index (χ1) is 11.7. The minimum atomic E-state index is 0. The minimum absolute atomic E-state index is 0. The number of rotatable bonds is 10. The van der Waals surface area contributed by atoms with Crippen LogP contribution in [0.3, 0.4) is 0 Å². The van der Waals surface area contributed by atoms with Crippen LogP contribution < -0.4 is 15.2 Å². The third-order valence-electron chi connectivity index (χ3n) is 3.59. The summed E-state index contributed by atoms with van der Waals surface area (Å²) in [5.41, 5.74) is 6.94. The van der Waals surface area contributed by atoms with E-state index in [-0.39, 0.29) is 12.4 Å². The van der Waals surface area contributed by atoms with Gasteiger partial charge in [0.2, 0.25) is 0 Å². The Kier molecular flexibility index (Phi) is 9.63. The Morgan fingerprint density at radius 2 is 1.96 bits per heavy atom. The molecule has 2 aromatic rings. The highest BCUT2D eigenvalue weighted by molar-refractivity contribution is 7.15. The van der Waals surface area contributed by atoms with Crippen LogP contribution in [0.5, 0.6) is 11.5 Å². The molecule has 2 N–H and O–H groups in total. The highest BCUT2D eigenvalue weighted by Gasteiger charge is 2.11. The van der Waals surface area contributed by atoms with E-state index in [9.17, 15) is 0 Å². The number of thiazole rings is 1. The number of hydrogen-bond acceptors (Lipinski definition) is 6. The first-order valence-electron chi connectivity index (χ1n) is 8.38. The van der Waals surface area contributed by atoms with E-state index in [0.717, 1.165) is 44.0 Å². The van der Waals surface area contributed by atoms with Crippen molar-refractivity contribution < 1.29 is 9.47 Å². The zero-order valence-corrected chi connectivity index (χ0v) is 16.8. The number of methoxy groups -OCH3 is 1. The molecule has 0 saturated carbocycles. The van der Waals surface area contributed by atoms with E-state index in [0.29, 0.717) is 11.7 Å². The van der Waals surface area contributed by atoms with Gasteiger partial charge in [-0.1, -0.05) is 19.9 Å². The number of ether oxygens (including phenoxy) is 2. The van der Waals surface area contributed by atoms with Crippen molar-refractivity contribution in [3.63, 3.8) is 0 Å². The van der Waals surface area contributed by atoms with Crippen molar-refractivity contribution >= 4 is 28.9 Å². The van der Waals surface area contributed by atoms with Crippen LogP contribution in [0.1, 0.15) is 37.1 Å². The molecule has 0 unspecified atom stereocenters. The molecule has 0 spiro atoms. The van der Waals surface area contributed by atoms with Crippen LogP contribution in [0.25, 0.3) is 0 Å². The highest BCUT2D eigenvalue weighted by Crippen LogP contribution is 2.29. The largest absolute Gasteiger partial charge is 0.493 e.